The van der Waals surface area contributed by atoms with E-state index in [9.17, 15) is 0 Å². The molecule has 2 heteroatoms. The number of aryl methyl sites for hydroxylation is 1. The van der Waals surface area contributed by atoms with Crippen molar-refractivity contribution < 1.29 is 4.74 Å². The van der Waals surface area contributed by atoms with Crippen molar-refractivity contribution in [2.45, 2.75) is 57.9 Å². The Bertz CT molecular complexity index is 375. The Hall–Kier alpha value is -1.02. The third-order valence-electron chi connectivity index (χ3n) is 3.76. The monoisotopic (exact) mass is 247 g/mol. The van der Waals surface area contributed by atoms with E-state index >= 15 is 0 Å². The number of benzene rings is 1. The second-order valence-corrected chi connectivity index (χ2v) is 5.27. The van der Waals surface area contributed by atoms with Gasteiger partial charge in [-0.05, 0) is 42.5 Å². The van der Waals surface area contributed by atoms with Crippen LogP contribution in [0.25, 0.3) is 0 Å². The third-order valence-corrected chi connectivity index (χ3v) is 3.76. The van der Waals surface area contributed by atoms with Gasteiger partial charge in [0.05, 0.1) is 6.61 Å². The lowest BCUT2D eigenvalue weighted by atomic mass is 10.1. The molecule has 1 aliphatic carbocycles. The zero-order chi connectivity index (χ0) is 12.8. The van der Waals surface area contributed by atoms with Gasteiger partial charge < -0.3 is 10.5 Å². The summed E-state index contributed by atoms with van der Waals surface area (Å²) in [4.78, 5) is 0. The van der Waals surface area contributed by atoms with Crippen LogP contribution in [0.1, 0.15) is 62.6 Å². The van der Waals surface area contributed by atoms with Gasteiger partial charge in [0.25, 0.3) is 0 Å². The van der Waals surface area contributed by atoms with E-state index in [1.807, 2.05) is 0 Å². The average Bonchev–Trinajstić information content (AvgIpc) is 2.75. The molecule has 18 heavy (non-hydrogen) atoms. The molecule has 0 bridgehead atoms. The van der Waals surface area contributed by atoms with E-state index in [1.165, 1.54) is 36.8 Å². The lowest BCUT2D eigenvalue weighted by Crippen LogP contribution is -2.05. The first-order chi connectivity index (χ1) is 8.81. The molecule has 0 saturated carbocycles. The predicted molar refractivity (Wildman–Crippen MR) is 75.9 cm³/mol. The van der Waals surface area contributed by atoms with Crippen molar-refractivity contribution in [3.63, 3.8) is 0 Å². The molecular weight excluding hydrogens is 222 g/mol. The number of hydrogen-bond acceptors (Lipinski definition) is 2. The molecule has 1 aromatic rings. The maximum atomic E-state index is 6.02. The zero-order valence-electron chi connectivity index (χ0n) is 11.5. The van der Waals surface area contributed by atoms with E-state index in [4.69, 9.17) is 10.5 Å². The largest absolute Gasteiger partial charge is 0.494 e. The van der Waals surface area contributed by atoms with Crippen molar-refractivity contribution in [1.82, 2.24) is 0 Å². The molecule has 1 aromatic carbocycles. The van der Waals surface area contributed by atoms with Crippen LogP contribution in [0, 0.1) is 0 Å². The molecule has 0 aromatic heterocycles. The topological polar surface area (TPSA) is 35.2 Å². The SMILES string of the molecule is CCCCCCCOc1ccc2c(c1)CC[C@H]2N. The van der Waals surface area contributed by atoms with Crippen LogP contribution in [0.2, 0.25) is 0 Å². The highest BCUT2D eigenvalue weighted by atomic mass is 16.5. The van der Waals surface area contributed by atoms with Crippen LogP contribution in [0.15, 0.2) is 18.2 Å². The van der Waals surface area contributed by atoms with Crippen molar-refractivity contribution in [3.05, 3.63) is 29.3 Å². The van der Waals surface area contributed by atoms with Gasteiger partial charge >= 0.3 is 0 Å². The Morgan fingerprint density at radius 2 is 2.06 bits per heavy atom. The van der Waals surface area contributed by atoms with Gasteiger partial charge in [-0.1, -0.05) is 38.7 Å². The summed E-state index contributed by atoms with van der Waals surface area (Å²) < 4.78 is 5.81. The van der Waals surface area contributed by atoms with Crippen molar-refractivity contribution in [2.24, 2.45) is 5.73 Å². The van der Waals surface area contributed by atoms with Gasteiger partial charge in [0.15, 0.2) is 0 Å². The van der Waals surface area contributed by atoms with Crippen molar-refractivity contribution in [3.8, 4) is 5.75 Å². The fourth-order valence-corrected chi connectivity index (χ4v) is 2.61. The lowest BCUT2D eigenvalue weighted by Gasteiger charge is -2.09. The molecule has 1 aliphatic rings. The van der Waals surface area contributed by atoms with E-state index in [0.29, 0.717) is 0 Å². The third kappa shape index (κ3) is 3.49. The Labute approximate surface area is 111 Å². The van der Waals surface area contributed by atoms with Gasteiger partial charge in [-0.3, -0.25) is 0 Å². The highest BCUT2D eigenvalue weighted by Crippen LogP contribution is 2.31. The van der Waals surface area contributed by atoms with Crippen LogP contribution < -0.4 is 10.5 Å². The maximum absolute atomic E-state index is 6.02. The second kappa shape index (κ2) is 6.79. The van der Waals surface area contributed by atoms with Crippen molar-refractivity contribution in [2.75, 3.05) is 6.61 Å². The van der Waals surface area contributed by atoms with Crippen molar-refractivity contribution in [1.29, 1.82) is 0 Å². The fourth-order valence-electron chi connectivity index (χ4n) is 2.61. The van der Waals surface area contributed by atoms with E-state index in [-0.39, 0.29) is 6.04 Å². The van der Waals surface area contributed by atoms with Crippen LogP contribution >= 0.6 is 0 Å². The highest BCUT2D eigenvalue weighted by molar-refractivity contribution is 5.40. The fraction of sp³-hybridized carbons (Fsp3) is 0.625. The number of rotatable bonds is 7. The van der Waals surface area contributed by atoms with Crippen LogP contribution in [0.5, 0.6) is 5.75 Å². The standard InChI is InChI=1S/C16H25NO/c1-2-3-4-5-6-11-18-14-8-9-15-13(12-14)7-10-16(15)17/h8-9,12,16H,2-7,10-11,17H2,1H3/t16-/m1/s1. The number of ether oxygens (including phenoxy) is 1. The first-order valence-corrected chi connectivity index (χ1v) is 7.32. The minimum Gasteiger partial charge on any atom is -0.494 e. The zero-order valence-corrected chi connectivity index (χ0v) is 11.5. The molecule has 0 radical (unpaired) electrons. The second-order valence-electron chi connectivity index (χ2n) is 5.27. The number of unbranched alkanes of at least 4 members (excludes halogenated alkanes) is 4. The van der Waals surface area contributed by atoms with Gasteiger partial charge in [0.2, 0.25) is 0 Å². The van der Waals surface area contributed by atoms with Gasteiger partial charge in [-0.2, -0.15) is 0 Å². The summed E-state index contributed by atoms with van der Waals surface area (Å²) in [6.07, 6.45) is 8.60. The Kier molecular flexibility index (Phi) is 5.06. The first kappa shape index (κ1) is 13.4. The minimum absolute atomic E-state index is 0.239. The summed E-state index contributed by atoms with van der Waals surface area (Å²) >= 11 is 0. The summed E-state index contributed by atoms with van der Waals surface area (Å²) in [5.41, 5.74) is 8.71. The summed E-state index contributed by atoms with van der Waals surface area (Å²) in [5.74, 6) is 1.01. The van der Waals surface area contributed by atoms with E-state index in [0.717, 1.165) is 31.6 Å². The molecular formula is C16H25NO. The molecule has 2 nitrogen and oxygen atoms in total. The number of hydrogen-bond donors (Lipinski definition) is 1. The Balaban J connectivity index is 1.74. The molecule has 0 heterocycles. The summed E-state index contributed by atoms with van der Waals surface area (Å²) in [6.45, 7) is 3.08. The normalized spacial score (nSPS) is 17.8. The number of nitrogens with two attached hydrogens (primary N) is 1. The van der Waals surface area contributed by atoms with Crippen LogP contribution in [0.3, 0.4) is 0 Å². The van der Waals surface area contributed by atoms with Gasteiger partial charge in [-0.15, -0.1) is 0 Å². The summed E-state index contributed by atoms with van der Waals surface area (Å²) in [7, 11) is 0. The molecule has 0 aliphatic heterocycles. The molecule has 0 fully saturated rings. The average molecular weight is 247 g/mol. The minimum atomic E-state index is 0.239. The lowest BCUT2D eigenvalue weighted by molar-refractivity contribution is 0.304. The molecule has 2 rings (SSSR count). The molecule has 1 atom stereocenters. The molecule has 100 valence electrons. The van der Waals surface area contributed by atoms with Gasteiger partial charge in [-0.25, -0.2) is 0 Å². The number of fused-ring (bicyclic) bond motifs is 1. The van der Waals surface area contributed by atoms with Gasteiger partial charge in [0, 0.05) is 6.04 Å². The molecule has 2 N–H and O–H groups in total. The molecule has 0 saturated heterocycles. The highest BCUT2D eigenvalue weighted by Gasteiger charge is 2.18. The molecule has 0 spiro atoms. The predicted octanol–water partition coefficient (Wildman–Crippen LogP) is 3.98. The van der Waals surface area contributed by atoms with E-state index < -0.39 is 0 Å². The van der Waals surface area contributed by atoms with Crippen LogP contribution in [-0.4, -0.2) is 6.61 Å². The quantitative estimate of drug-likeness (QED) is 0.740. The first-order valence-electron chi connectivity index (χ1n) is 7.32. The Morgan fingerprint density at radius 1 is 1.22 bits per heavy atom. The Morgan fingerprint density at radius 3 is 2.89 bits per heavy atom. The van der Waals surface area contributed by atoms with Crippen molar-refractivity contribution >= 4 is 0 Å². The summed E-state index contributed by atoms with van der Waals surface area (Å²) in [6, 6.07) is 6.62. The molecule has 0 amide bonds. The smallest absolute Gasteiger partial charge is 0.119 e. The van der Waals surface area contributed by atoms with Gasteiger partial charge in [0.1, 0.15) is 5.75 Å². The van der Waals surface area contributed by atoms with E-state index in [2.05, 4.69) is 25.1 Å². The summed E-state index contributed by atoms with van der Waals surface area (Å²) in [5, 5.41) is 0. The van der Waals surface area contributed by atoms with Crippen LogP contribution in [0.4, 0.5) is 0 Å². The van der Waals surface area contributed by atoms with E-state index in [1.54, 1.807) is 0 Å². The molecule has 0 unspecified atom stereocenters. The maximum Gasteiger partial charge on any atom is 0.119 e. The van der Waals surface area contributed by atoms with Crippen LogP contribution in [-0.2, 0) is 6.42 Å².